The highest BCUT2D eigenvalue weighted by molar-refractivity contribution is 5.84. The van der Waals surface area contributed by atoms with E-state index in [4.69, 9.17) is 5.73 Å². The monoisotopic (exact) mass is 292 g/mol. The zero-order chi connectivity index (χ0) is 15.8. The van der Waals surface area contributed by atoms with Gasteiger partial charge in [-0.25, -0.2) is 4.79 Å². The van der Waals surface area contributed by atoms with Gasteiger partial charge in [-0.3, -0.25) is 4.79 Å². The summed E-state index contributed by atoms with van der Waals surface area (Å²) in [6, 6.07) is 7.66. The van der Waals surface area contributed by atoms with Crippen molar-refractivity contribution >= 4 is 11.9 Å². The Kier molecular flexibility index (Phi) is 6.88. The lowest BCUT2D eigenvalue weighted by Crippen LogP contribution is -2.35. The molecular formula is C16H24N2O3. The number of benzene rings is 1. The fraction of sp³-hybridized carbons (Fsp3) is 0.500. The number of carbonyl (C=O) groups excluding carboxylic acids is 1. The van der Waals surface area contributed by atoms with Crippen LogP contribution in [0.4, 0.5) is 0 Å². The first-order valence-electron chi connectivity index (χ1n) is 7.21. The molecule has 0 spiro atoms. The average molecular weight is 292 g/mol. The number of carboxylic acid groups (broad SMARTS) is 1. The minimum absolute atomic E-state index is 0.0789. The number of nitrogens with two attached hydrogens (primary N) is 1. The van der Waals surface area contributed by atoms with Crippen LogP contribution in [0.15, 0.2) is 30.3 Å². The Hall–Kier alpha value is -1.88. The van der Waals surface area contributed by atoms with E-state index in [-0.39, 0.29) is 18.2 Å². The summed E-state index contributed by atoms with van der Waals surface area (Å²) >= 11 is 0. The lowest BCUT2D eigenvalue weighted by Gasteiger charge is -2.19. The highest BCUT2D eigenvalue weighted by Gasteiger charge is 2.23. The van der Waals surface area contributed by atoms with Gasteiger partial charge in [-0.05, 0) is 30.4 Å². The minimum atomic E-state index is -1.07. The lowest BCUT2D eigenvalue weighted by molar-refractivity contribution is -0.142. The number of amides is 1. The summed E-state index contributed by atoms with van der Waals surface area (Å²) in [5.41, 5.74) is 6.24. The Balaban J connectivity index is 2.67. The first-order valence-corrected chi connectivity index (χ1v) is 7.21. The summed E-state index contributed by atoms with van der Waals surface area (Å²) < 4.78 is 0. The van der Waals surface area contributed by atoms with Gasteiger partial charge in [0.25, 0.3) is 0 Å². The zero-order valence-electron chi connectivity index (χ0n) is 12.6. The van der Waals surface area contributed by atoms with E-state index in [1.165, 1.54) is 0 Å². The predicted molar refractivity (Wildman–Crippen MR) is 81.6 cm³/mol. The standard InChI is InChI=1S/C16H24N2O3/c1-11(2)8-12(10-17)9-14(19)18-15(16(20)21)13-6-4-3-5-7-13/h3-7,11-12,15H,8-10,17H2,1-2H3,(H,18,19)(H,20,21)/t12-,15+/m0/s1. The second-order valence-electron chi connectivity index (χ2n) is 5.68. The van der Waals surface area contributed by atoms with Crippen molar-refractivity contribution in [1.29, 1.82) is 0 Å². The molecule has 2 atom stereocenters. The summed E-state index contributed by atoms with van der Waals surface area (Å²) in [6.07, 6.45) is 1.11. The average Bonchev–Trinajstić information content (AvgIpc) is 2.44. The first-order chi connectivity index (χ1) is 9.93. The maximum Gasteiger partial charge on any atom is 0.330 e. The van der Waals surface area contributed by atoms with Crippen molar-refractivity contribution in [2.24, 2.45) is 17.6 Å². The van der Waals surface area contributed by atoms with Gasteiger partial charge in [0.05, 0.1) is 0 Å². The summed E-state index contributed by atoms with van der Waals surface area (Å²) in [4.78, 5) is 23.4. The molecule has 0 aliphatic rings. The number of aliphatic carboxylic acids is 1. The maximum atomic E-state index is 12.1. The maximum absolute atomic E-state index is 12.1. The highest BCUT2D eigenvalue weighted by Crippen LogP contribution is 2.17. The van der Waals surface area contributed by atoms with Crippen LogP contribution < -0.4 is 11.1 Å². The molecular weight excluding hydrogens is 268 g/mol. The van der Waals surface area contributed by atoms with Crippen molar-refractivity contribution in [1.82, 2.24) is 5.32 Å². The second-order valence-corrected chi connectivity index (χ2v) is 5.68. The third kappa shape index (κ3) is 5.95. The van der Waals surface area contributed by atoms with E-state index >= 15 is 0 Å². The minimum Gasteiger partial charge on any atom is -0.479 e. The van der Waals surface area contributed by atoms with Crippen molar-refractivity contribution in [3.63, 3.8) is 0 Å². The largest absolute Gasteiger partial charge is 0.479 e. The van der Waals surface area contributed by atoms with E-state index in [9.17, 15) is 14.7 Å². The topological polar surface area (TPSA) is 92.4 Å². The van der Waals surface area contributed by atoms with E-state index in [0.29, 0.717) is 18.0 Å². The number of hydrogen-bond donors (Lipinski definition) is 3. The quantitative estimate of drug-likeness (QED) is 0.682. The predicted octanol–water partition coefficient (Wildman–Crippen LogP) is 1.94. The van der Waals surface area contributed by atoms with Gasteiger partial charge in [0, 0.05) is 6.42 Å². The highest BCUT2D eigenvalue weighted by atomic mass is 16.4. The molecule has 0 radical (unpaired) electrons. The second kappa shape index (κ2) is 8.42. The third-order valence-corrected chi connectivity index (χ3v) is 3.30. The molecule has 0 saturated heterocycles. The Bertz CT molecular complexity index is 460. The molecule has 0 heterocycles. The van der Waals surface area contributed by atoms with E-state index in [2.05, 4.69) is 19.2 Å². The van der Waals surface area contributed by atoms with Gasteiger partial charge in [-0.1, -0.05) is 44.2 Å². The molecule has 1 amide bonds. The number of rotatable bonds is 8. The van der Waals surface area contributed by atoms with Crippen molar-refractivity contribution in [3.8, 4) is 0 Å². The molecule has 4 N–H and O–H groups in total. The summed E-state index contributed by atoms with van der Waals surface area (Å²) in [5.74, 6) is -0.809. The van der Waals surface area contributed by atoms with Gasteiger partial charge in [0.1, 0.15) is 0 Å². The molecule has 21 heavy (non-hydrogen) atoms. The summed E-state index contributed by atoms with van der Waals surface area (Å²) in [5, 5.41) is 11.8. The Labute approximate surface area is 125 Å². The Morgan fingerprint density at radius 2 is 1.86 bits per heavy atom. The first kappa shape index (κ1) is 17.2. The van der Waals surface area contributed by atoms with Crippen molar-refractivity contribution in [3.05, 3.63) is 35.9 Å². The number of hydrogen-bond acceptors (Lipinski definition) is 3. The van der Waals surface area contributed by atoms with Gasteiger partial charge in [0.15, 0.2) is 6.04 Å². The van der Waals surface area contributed by atoms with E-state index in [1.807, 2.05) is 0 Å². The lowest BCUT2D eigenvalue weighted by atomic mass is 9.93. The molecule has 116 valence electrons. The van der Waals surface area contributed by atoms with Crippen LogP contribution in [-0.2, 0) is 9.59 Å². The van der Waals surface area contributed by atoms with Crippen LogP contribution in [0, 0.1) is 11.8 Å². The molecule has 0 saturated carbocycles. The van der Waals surface area contributed by atoms with E-state index < -0.39 is 12.0 Å². The number of carboxylic acids is 1. The number of carbonyl (C=O) groups is 2. The fourth-order valence-electron chi connectivity index (χ4n) is 2.34. The van der Waals surface area contributed by atoms with Gasteiger partial charge >= 0.3 is 5.97 Å². The zero-order valence-corrected chi connectivity index (χ0v) is 12.6. The molecule has 0 aromatic heterocycles. The van der Waals surface area contributed by atoms with Crippen molar-refractivity contribution in [2.75, 3.05) is 6.54 Å². The Morgan fingerprint density at radius 1 is 1.24 bits per heavy atom. The van der Waals surface area contributed by atoms with E-state index in [0.717, 1.165) is 6.42 Å². The summed E-state index contributed by atoms with van der Waals surface area (Å²) in [7, 11) is 0. The molecule has 1 aromatic carbocycles. The Morgan fingerprint density at radius 3 is 2.33 bits per heavy atom. The molecule has 1 rings (SSSR count). The van der Waals surface area contributed by atoms with Crippen LogP contribution in [0.1, 0.15) is 38.3 Å². The van der Waals surface area contributed by atoms with Crippen LogP contribution in [0.3, 0.4) is 0 Å². The summed E-state index contributed by atoms with van der Waals surface area (Å²) in [6.45, 7) is 4.57. The SMILES string of the molecule is CC(C)C[C@H](CN)CC(=O)N[C@@H](C(=O)O)c1ccccc1. The molecule has 1 aromatic rings. The van der Waals surface area contributed by atoms with Crippen molar-refractivity contribution in [2.45, 2.75) is 32.7 Å². The molecule has 5 nitrogen and oxygen atoms in total. The smallest absolute Gasteiger partial charge is 0.330 e. The van der Waals surface area contributed by atoms with Gasteiger partial charge in [-0.15, -0.1) is 0 Å². The molecule has 0 fully saturated rings. The molecule has 5 heteroatoms. The van der Waals surface area contributed by atoms with Crippen LogP contribution in [0.2, 0.25) is 0 Å². The third-order valence-electron chi connectivity index (χ3n) is 3.30. The fourth-order valence-corrected chi connectivity index (χ4v) is 2.34. The number of nitrogens with one attached hydrogen (secondary N) is 1. The van der Waals surface area contributed by atoms with E-state index in [1.54, 1.807) is 30.3 Å². The van der Waals surface area contributed by atoms with Gasteiger partial charge in [-0.2, -0.15) is 0 Å². The normalized spacial score (nSPS) is 13.7. The van der Waals surface area contributed by atoms with Crippen molar-refractivity contribution < 1.29 is 14.7 Å². The molecule has 0 bridgehead atoms. The molecule has 0 unspecified atom stereocenters. The van der Waals surface area contributed by atoms with Crippen LogP contribution >= 0.6 is 0 Å². The van der Waals surface area contributed by atoms with Crippen LogP contribution in [-0.4, -0.2) is 23.5 Å². The van der Waals surface area contributed by atoms with Crippen LogP contribution in [0.5, 0.6) is 0 Å². The van der Waals surface area contributed by atoms with Crippen LogP contribution in [0.25, 0.3) is 0 Å². The van der Waals surface area contributed by atoms with Gasteiger partial charge in [0.2, 0.25) is 5.91 Å². The van der Waals surface area contributed by atoms with Gasteiger partial charge < -0.3 is 16.2 Å². The molecule has 0 aliphatic heterocycles. The molecule has 0 aliphatic carbocycles.